The molecule has 0 radical (unpaired) electrons. The van der Waals surface area contributed by atoms with Gasteiger partial charge in [0.1, 0.15) is 0 Å². The van der Waals surface area contributed by atoms with Gasteiger partial charge in [0, 0.05) is 13.6 Å². The lowest BCUT2D eigenvalue weighted by atomic mass is 10.1. The van der Waals surface area contributed by atoms with Crippen LogP contribution in [0.1, 0.15) is 34.1 Å². The summed E-state index contributed by atoms with van der Waals surface area (Å²) in [6.45, 7) is 9.61. The van der Waals surface area contributed by atoms with Gasteiger partial charge in [0.2, 0.25) is 0 Å². The molecule has 68 valence electrons. The Labute approximate surface area is 70.5 Å². The monoisotopic (exact) mass is 159 g/mol. The summed E-state index contributed by atoms with van der Waals surface area (Å²) in [4.78, 5) is 5.59. The molecule has 11 heavy (non-hydrogen) atoms. The average Bonchev–Trinajstić information content (AvgIpc) is 1.87. The Hall–Kier alpha value is -0.0800. The maximum absolute atomic E-state index is 5.59. The minimum Gasteiger partial charge on any atom is -0.296 e. The molecule has 0 aliphatic rings. The Bertz CT molecular complexity index is 93.6. The molecule has 0 bridgehead atoms. The van der Waals surface area contributed by atoms with E-state index in [0.717, 1.165) is 13.0 Å². The van der Waals surface area contributed by atoms with Crippen molar-refractivity contribution in [3.05, 3.63) is 0 Å². The van der Waals surface area contributed by atoms with Crippen LogP contribution in [0.25, 0.3) is 0 Å². The van der Waals surface area contributed by atoms with E-state index in [-0.39, 0.29) is 0 Å². The Balaban J connectivity index is 3.48. The summed E-state index contributed by atoms with van der Waals surface area (Å²) in [5, 5.41) is 1.92. The Morgan fingerprint density at radius 1 is 1.27 bits per heavy atom. The van der Waals surface area contributed by atoms with E-state index in [1.54, 1.807) is 0 Å². The maximum Gasteiger partial charge on any atom is 0.0787 e. The molecule has 0 amide bonds. The number of rotatable bonds is 5. The van der Waals surface area contributed by atoms with Crippen LogP contribution >= 0.6 is 0 Å². The first-order chi connectivity index (χ1) is 5.07. The van der Waals surface area contributed by atoms with Crippen molar-refractivity contribution in [2.75, 3.05) is 13.6 Å². The van der Waals surface area contributed by atoms with E-state index in [4.69, 9.17) is 4.84 Å². The van der Waals surface area contributed by atoms with Gasteiger partial charge in [0.25, 0.3) is 0 Å². The number of nitrogens with zero attached hydrogens (tertiary/aromatic N) is 1. The fourth-order valence-electron chi connectivity index (χ4n) is 0.773. The molecule has 0 aromatic rings. The highest BCUT2D eigenvalue weighted by atomic mass is 16.7. The van der Waals surface area contributed by atoms with E-state index in [2.05, 4.69) is 27.7 Å². The van der Waals surface area contributed by atoms with E-state index in [1.165, 1.54) is 0 Å². The maximum atomic E-state index is 5.59. The Morgan fingerprint density at radius 3 is 2.18 bits per heavy atom. The largest absolute Gasteiger partial charge is 0.296 e. The third-order valence-electron chi connectivity index (χ3n) is 1.82. The van der Waals surface area contributed by atoms with Gasteiger partial charge < -0.3 is 0 Å². The van der Waals surface area contributed by atoms with E-state index >= 15 is 0 Å². The van der Waals surface area contributed by atoms with Crippen molar-refractivity contribution in [1.82, 2.24) is 5.06 Å². The molecule has 0 aromatic carbocycles. The second-order valence-electron chi connectivity index (χ2n) is 3.41. The molecule has 0 saturated heterocycles. The number of hydrogen-bond acceptors (Lipinski definition) is 2. The summed E-state index contributed by atoms with van der Waals surface area (Å²) >= 11 is 0. The first kappa shape index (κ1) is 10.9. The SMILES string of the molecule is CCCN(C)OC(C)C(C)C. The quantitative estimate of drug-likeness (QED) is 0.571. The van der Waals surface area contributed by atoms with Gasteiger partial charge in [0.15, 0.2) is 0 Å². The van der Waals surface area contributed by atoms with Crippen molar-refractivity contribution in [2.45, 2.75) is 40.2 Å². The highest BCUT2D eigenvalue weighted by Crippen LogP contribution is 2.06. The molecule has 0 saturated carbocycles. The lowest BCUT2D eigenvalue weighted by Gasteiger charge is -2.23. The number of hydroxylamine groups is 2. The molecule has 0 fully saturated rings. The molecular weight excluding hydrogens is 138 g/mol. The molecule has 0 aromatic heterocycles. The zero-order chi connectivity index (χ0) is 8.85. The zero-order valence-electron chi connectivity index (χ0n) is 8.42. The van der Waals surface area contributed by atoms with Gasteiger partial charge in [-0.3, -0.25) is 4.84 Å². The topological polar surface area (TPSA) is 12.5 Å². The van der Waals surface area contributed by atoms with Crippen molar-refractivity contribution >= 4 is 0 Å². The van der Waals surface area contributed by atoms with E-state index in [9.17, 15) is 0 Å². The zero-order valence-corrected chi connectivity index (χ0v) is 8.42. The van der Waals surface area contributed by atoms with Crippen molar-refractivity contribution in [2.24, 2.45) is 5.92 Å². The molecule has 0 aliphatic heterocycles. The van der Waals surface area contributed by atoms with Gasteiger partial charge in [-0.2, -0.15) is 5.06 Å². The predicted molar refractivity (Wildman–Crippen MR) is 48.3 cm³/mol. The lowest BCUT2D eigenvalue weighted by molar-refractivity contribution is -0.187. The summed E-state index contributed by atoms with van der Waals surface area (Å²) in [6.07, 6.45) is 1.47. The fraction of sp³-hybridized carbons (Fsp3) is 1.00. The summed E-state index contributed by atoms with van der Waals surface area (Å²) in [7, 11) is 1.99. The summed E-state index contributed by atoms with van der Waals surface area (Å²) in [5.41, 5.74) is 0. The molecule has 0 spiro atoms. The molecule has 1 atom stereocenters. The van der Waals surface area contributed by atoms with Crippen molar-refractivity contribution in [3.63, 3.8) is 0 Å². The standard InChI is InChI=1S/C9H21NO/c1-6-7-10(5)11-9(4)8(2)3/h8-9H,6-7H2,1-5H3. The highest BCUT2D eigenvalue weighted by molar-refractivity contribution is 4.53. The highest BCUT2D eigenvalue weighted by Gasteiger charge is 2.09. The molecule has 0 N–H and O–H groups in total. The first-order valence-electron chi connectivity index (χ1n) is 4.45. The number of hydrogen-bond donors (Lipinski definition) is 0. The second kappa shape index (κ2) is 5.56. The lowest BCUT2D eigenvalue weighted by Crippen LogP contribution is -2.28. The molecule has 2 nitrogen and oxygen atoms in total. The summed E-state index contributed by atoms with van der Waals surface area (Å²) < 4.78 is 0. The smallest absolute Gasteiger partial charge is 0.0787 e. The fourth-order valence-corrected chi connectivity index (χ4v) is 0.773. The summed E-state index contributed by atoms with van der Waals surface area (Å²) in [6, 6.07) is 0. The van der Waals surface area contributed by atoms with Crippen LogP contribution < -0.4 is 0 Å². The van der Waals surface area contributed by atoms with Crippen molar-refractivity contribution < 1.29 is 4.84 Å². The van der Waals surface area contributed by atoms with Gasteiger partial charge in [-0.1, -0.05) is 20.8 Å². The van der Waals surface area contributed by atoms with Gasteiger partial charge in [-0.05, 0) is 19.3 Å². The normalized spacial score (nSPS) is 14.5. The van der Waals surface area contributed by atoms with Crippen LogP contribution in [0.2, 0.25) is 0 Å². The van der Waals surface area contributed by atoms with Gasteiger partial charge in [-0.15, -0.1) is 0 Å². The van der Waals surface area contributed by atoms with Crippen LogP contribution in [0, 0.1) is 5.92 Å². The van der Waals surface area contributed by atoms with Crippen LogP contribution in [-0.2, 0) is 4.84 Å². The molecule has 2 heteroatoms. The van der Waals surface area contributed by atoms with Gasteiger partial charge in [0.05, 0.1) is 6.10 Å². The first-order valence-corrected chi connectivity index (χ1v) is 4.45. The summed E-state index contributed by atoms with van der Waals surface area (Å²) in [5.74, 6) is 0.592. The third kappa shape index (κ3) is 5.22. The average molecular weight is 159 g/mol. The Kier molecular flexibility index (Phi) is 5.51. The van der Waals surface area contributed by atoms with E-state index < -0.39 is 0 Å². The third-order valence-corrected chi connectivity index (χ3v) is 1.82. The molecule has 0 rings (SSSR count). The Morgan fingerprint density at radius 2 is 1.82 bits per heavy atom. The van der Waals surface area contributed by atoms with Crippen molar-refractivity contribution in [1.29, 1.82) is 0 Å². The molecule has 0 aliphatic carbocycles. The van der Waals surface area contributed by atoms with Crippen LogP contribution in [0.5, 0.6) is 0 Å². The van der Waals surface area contributed by atoms with Gasteiger partial charge >= 0.3 is 0 Å². The predicted octanol–water partition coefficient (Wildman–Crippen LogP) is 2.30. The van der Waals surface area contributed by atoms with E-state index in [0.29, 0.717) is 12.0 Å². The van der Waals surface area contributed by atoms with Crippen LogP contribution in [0.15, 0.2) is 0 Å². The molecule has 1 unspecified atom stereocenters. The van der Waals surface area contributed by atoms with Crippen LogP contribution in [0.4, 0.5) is 0 Å². The van der Waals surface area contributed by atoms with Crippen molar-refractivity contribution in [3.8, 4) is 0 Å². The van der Waals surface area contributed by atoms with Crippen LogP contribution in [-0.4, -0.2) is 24.8 Å². The molecular formula is C9H21NO. The molecule has 0 heterocycles. The minimum atomic E-state index is 0.326. The van der Waals surface area contributed by atoms with Crippen LogP contribution in [0.3, 0.4) is 0 Å². The second-order valence-corrected chi connectivity index (χ2v) is 3.41. The van der Waals surface area contributed by atoms with Gasteiger partial charge in [-0.25, -0.2) is 0 Å². The van der Waals surface area contributed by atoms with E-state index in [1.807, 2.05) is 12.1 Å². The minimum absolute atomic E-state index is 0.326.